The van der Waals surface area contributed by atoms with E-state index >= 15 is 0 Å². The molecule has 0 aromatic heterocycles. The summed E-state index contributed by atoms with van der Waals surface area (Å²) < 4.78 is 0. The van der Waals surface area contributed by atoms with Gasteiger partial charge in [-0.1, -0.05) is 26.8 Å². The third-order valence-corrected chi connectivity index (χ3v) is 4.69. The predicted octanol–water partition coefficient (Wildman–Crippen LogP) is 5.98. The largest absolute Gasteiger partial charge is 0.0674 e. The zero-order chi connectivity index (χ0) is 16.0. The van der Waals surface area contributed by atoms with Gasteiger partial charge in [-0.15, -0.1) is 0 Å². The van der Waals surface area contributed by atoms with E-state index in [4.69, 9.17) is 0 Å². The molecule has 112 valence electrons. The molecule has 1 aliphatic rings. The van der Waals surface area contributed by atoms with Crippen LogP contribution in [0.3, 0.4) is 0 Å². The molecule has 0 heterocycles. The van der Waals surface area contributed by atoms with Crippen LogP contribution >= 0.6 is 0 Å². The number of benzene rings is 3. The monoisotopic (exact) mass is 297 g/mol. The van der Waals surface area contributed by atoms with E-state index in [2.05, 4.69) is 93.6 Å². The summed E-state index contributed by atoms with van der Waals surface area (Å²) in [6.45, 7) is 6.87. The first kappa shape index (κ1) is 14.1. The minimum Gasteiger partial charge on any atom is -0.0511 e. The zero-order valence-electron chi connectivity index (χ0n) is 13.9. The van der Waals surface area contributed by atoms with Gasteiger partial charge in [0.05, 0.1) is 33.7 Å². The second-order valence-corrected chi connectivity index (χ2v) is 7.26. The Morgan fingerprint density at radius 1 is 0.565 bits per heavy atom. The fourth-order valence-corrected chi connectivity index (χ4v) is 3.66. The van der Waals surface area contributed by atoms with Crippen LogP contribution in [-0.2, 0) is 5.41 Å². The summed E-state index contributed by atoms with van der Waals surface area (Å²) in [5.74, 6) is 1.38. The maximum atomic E-state index is 2.29. The molecule has 0 nitrogen and oxygen atoms in total. The Hall–Kier alpha value is -2.47. The van der Waals surface area contributed by atoms with Crippen molar-refractivity contribution in [2.45, 2.75) is 26.2 Å². The first-order valence-electron chi connectivity index (χ1n) is 8.23. The van der Waals surface area contributed by atoms with Crippen LogP contribution in [0.15, 0.2) is 72.8 Å². The van der Waals surface area contributed by atoms with Gasteiger partial charge in [0.25, 0.3) is 0 Å². The molecule has 0 fully saturated rings. The fourth-order valence-electron chi connectivity index (χ4n) is 3.66. The van der Waals surface area contributed by atoms with Gasteiger partial charge < -0.3 is 0 Å². The fraction of sp³-hybridized carbons (Fsp3) is 0.174. The van der Waals surface area contributed by atoms with E-state index in [0.29, 0.717) is 0 Å². The summed E-state index contributed by atoms with van der Waals surface area (Å²) in [4.78, 5) is 0. The summed E-state index contributed by atoms with van der Waals surface area (Å²) in [6.07, 6.45) is 0. The molecule has 0 saturated heterocycles. The SMILES string of the molecule is CC(C)(C)c1ccccc1[C+]1c2ccccc2-c2ccccc21. The summed E-state index contributed by atoms with van der Waals surface area (Å²) >= 11 is 0. The van der Waals surface area contributed by atoms with Crippen molar-refractivity contribution in [3.8, 4) is 11.1 Å². The molecule has 1 aliphatic carbocycles. The molecule has 3 aromatic rings. The van der Waals surface area contributed by atoms with E-state index in [-0.39, 0.29) is 5.41 Å². The van der Waals surface area contributed by atoms with Crippen molar-refractivity contribution in [3.05, 3.63) is 101 Å². The van der Waals surface area contributed by atoms with E-state index in [0.717, 1.165) is 0 Å². The molecule has 3 aromatic carbocycles. The lowest BCUT2D eigenvalue weighted by molar-refractivity contribution is 0.586. The summed E-state index contributed by atoms with van der Waals surface area (Å²) in [5, 5.41) is 0. The summed E-state index contributed by atoms with van der Waals surface area (Å²) in [5.41, 5.74) is 8.29. The van der Waals surface area contributed by atoms with Crippen LogP contribution in [0.4, 0.5) is 0 Å². The molecular formula is C23H21+. The van der Waals surface area contributed by atoms with Gasteiger partial charge in [-0.2, -0.15) is 0 Å². The van der Waals surface area contributed by atoms with Crippen molar-refractivity contribution in [1.82, 2.24) is 0 Å². The van der Waals surface area contributed by atoms with Crippen LogP contribution in [0, 0.1) is 5.92 Å². The smallest absolute Gasteiger partial charge is 0.0511 e. The predicted molar refractivity (Wildman–Crippen MR) is 97.6 cm³/mol. The lowest BCUT2D eigenvalue weighted by Gasteiger charge is -2.22. The molecule has 0 atom stereocenters. The highest BCUT2D eigenvalue weighted by atomic mass is 14.3. The van der Waals surface area contributed by atoms with Gasteiger partial charge in [-0.25, -0.2) is 0 Å². The van der Waals surface area contributed by atoms with Crippen molar-refractivity contribution in [2.24, 2.45) is 0 Å². The highest BCUT2D eigenvalue weighted by molar-refractivity contribution is 5.87. The lowest BCUT2D eigenvalue weighted by Crippen LogP contribution is -2.16. The summed E-state index contributed by atoms with van der Waals surface area (Å²) in [7, 11) is 0. The topological polar surface area (TPSA) is 0 Å². The van der Waals surface area contributed by atoms with Crippen molar-refractivity contribution in [1.29, 1.82) is 0 Å². The first-order chi connectivity index (χ1) is 11.1. The van der Waals surface area contributed by atoms with Crippen molar-refractivity contribution in [2.75, 3.05) is 0 Å². The Balaban J connectivity index is 2.01. The highest BCUT2D eigenvalue weighted by Gasteiger charge is 2.38. The maximum Gasteiger partial charge on any atom is 0.0674 e. The van der Waals surface area contributed by atoms with E-state index in [1.807, 2.05) is 0 Å². The first-order valence-corrected chi connectivity index (χ1v) is 8.23. The number of fused-ring (bicyclic) bond motifs is 3. The van der Waals surface area contributed by atoms with Crippen LogP contribution in [-0.4, -0.2) is 0 Å². The van der Waals surface area contributed by atoms with Gasteiger partial charge >= 0.3 is 0 Å². The average Bonchev–Trinajstić information content (AvgIpc) is 2.88. The molecule has 0 radical (unpaired) electrons. The van der Waals surface area contributed by atoms with Crippen LogP contribution in [0.1, 0.15) is 43.0 Å². The van der Waals surface area contributed by atoms with Gasteiger partial charge in [0.1, 0.15) is 0 Å². The molecule has 23 heavy (non-hydrogen) atoms. The molecule has 0 bridgehead atoms. The van der Waals surface area contributed by atoms with Gasteiger partial charge in [-0.3, -0.25) is 0 Å². The second-order valence-electron chi connectivity index (χ2n) is 7.26. The Morgan fingerprint density at radius 3 is 1.52 bits per heavy atom. The zero-order valence-corrected chi connectivity index (χ0v) is 13.9. The minimum atomic E-state index is 0.121. The molecule has 0 unspecified atom stereocenters. The molecular weight excluding hydrogens is 276 g/mol. The molecule has 0 heteroatoms. The Labute approximate surface area is 138 Å². The van der Waals surface area contributed by atoms with E-state index in [1.165, 1.54) is 39.3 Å². The third kappa shape index (κ3) is 2.17. The van der Waals surface area contributed by atoms with Crippen molar-refractivity contribution >= 4 is 0 Å². The Kier molecular flexibility index (Phi) is 3.09. The highest BCUT2D eigenvalue weighted by Crippen LogP contribution is 2.48. The van der Waals surface area contributed by atoms with E-state index in [9.17, 15) is 0 Å². The standard InChI is InChI=1S/C23H21/c1-23(2,3)21-15-9-8-14-20(21)22-18-12-6-4-10-16(18)17-11-5-7-13-19(17)22/h4-15H,1-3H3/q+1. The maximum absolute atomic E-state index is 2.29. The van der Waals surface area contributed by atoms with E-state index in [1.54, 1.807) is 0 Å². The van der Waals surface area contributed by atoms with Crippen molar-refractivity contribution in [3.63, 3.8) is 0 Å². The van der Waals surface area contributed by atoms with Gasteiger partial charge in [0.15, 0.2) is 0 Å². The average molecular weight is 297 g/mol. The molecule has 0 N–H and O–H groups in total. The van der Waals surface area contributed by atoms with Gasteiger partial charge in [0, 0.05) is 11.0 Å². The Morgan fingerprint density at radius 2 is 1.00 bits per heavy atom. The third-order valence-electron chi connectivity index (χ3n) is 4.69. The van der Waals surface area contributed by atoms with Gasteiger partial charge in [-0.05, 0) is 66.7 Å². The van der Waals surface area contributed by atoms with Crippen LogP contribution in [0.2, 0.25) is 0 Å². The van der Waals surface area contributed by atoms with E-state index < -0.39 is 0 Å². The molecule has 4 rings (SSSR count). The van der Waals surface area contributed by atoms with Crippen LogP contribution < -0.4 is 0 Å². The number of hydrogen-bond acceptors (Lipinski definition) is 0. The lowest BCUT2D eigenvalue weighted by atomic mass is 9.77. The second kappa shape index (κ2) is 5.03. The van der Waals surface area contributed by atoms with Crippen molar-refractivity contribution < 1.29 is 0 Å². The van der Waals surface area contributed by atoms with Crippen LogP contribution in [0.25, 0.3) is 11.1 Å². The normalized spacial score (nSPS) is 12.9. The Bertz CT molecular complexity index is 819. The van der Waals surface area contributed by atoms with Gasteiger partial charge in [0.2, 0.25) is 0 Å². The molecule has 0 saturated carbocycles. The minimum absolute atomic E-state index is 0.121. The van der Waals surface area contributed by atoms with Crippen LogP contribution in [0.5, 0.6) is 0 Å². The quantitative estimate of drug-likeness (QED) is 0.379. The molecule has 0 spiro atoms. The number of hydrogen-bond donors (Lipinski definition) is 0. The molecule has 0 amide bonds. The molecule has 0 aliphatic heterocycles. The summed E-state index contributed by atoms with van der Waals surface area (Å²) in [6, 6.07) is 26.4. The number of rotatable bonds is 1.